The van der Waals surface area contributed by atoms with E-state index in [1.165, 1.54) is 24.5 Å². The lowest BCUT2D eigenvalue weighted by atomic mass is 9.97. The predicted octanol–water partition coefficient (Wildman–Crippen LogP) is 5.19. The number of rotatable bonds is 10. The third kappa shape index (κ3) is 7.29. The van der Waals surface area contributed by atoms with Crippen LogP contribution in [0.5, 0.6) is 5.75 Å². The minimum atomic E-state index is -0.941. The molecule has 0 unspecified atom stereocenters. The van der Waals surface area contributed by atoms with Crippen LogP contribution < -0.4 is 0 Å². The SMILES string of the molecule is CCN(CC)C1CCN(Cc2cc(CCc3ccccc3/C=C/C(=O)O)cc(I)c2O)CC1. The average molecular weight is 562 g/mol. The third-order valence-electron chi connectivity index (χ3n) is 6.63. The lowest BCUT2D eigenvalue weighted by molar-refractivity contribution is -0.131. The fraction of sp³-hybridized carbons (Fsp3) is 0.444. The number of piperidine rings is 1. The van der Waals surface area contributed by atoms with E-state index in [2.05, 4.69) is 58.4 Å². The zero-order valence-corrected chi connectivity index (χ0v) is 21.8. The van der Waals surface area contributed by atoms with E-state index in [0.29, 0.717) is 11.8 Å². The molecule has 0 spiro atoms. The normalized spacial score (nSPS) is 15.5. The number of phenolic OH excluding ortho intramolecular Hbond substituents is 1. The van der Waals surface area contributed by atoms with E-state index < -0.39 is 5.97 Å². The summed E-state index contributed by atoms with van der Waals surface area (Å²) in [4.78, 5) is 15.9. The number of phenols is 1. The van der Waals surface area contributed by atoms with Gasteiger partial charge in [0.25, 0.3) is 0 Å². The molecule has 1 saturated heterocycles. The molecule has 1 aliphatic heterocycles. The molecule has 0 saturated carbocycles. The van der Waals surface area contributed by atoms with Crippen molar-refractivity contribution in [3.63, 3.8) is 0 Å². The lowest BCUT2D eigenvalue weighted by Gasteiger charge is -2.37. The topological polar surface area (TPSA) is 64.0 Å². The van der Waals surface area contributed by atoms with Gasteiger partial charge in [-0.05, 0) is 103 Å². The summed E-state index contributed by atoms with van der Waals surface area (Å²) >= 11 is 2.22. The first-order valence-corrected chi connectivity index (χ1v) is 12.9. The molecule has 1 aliphatic rings. The number of hydrogen-bond acceptors (Lipinski definition) is 4. The Morgan fingerprint density at radius 2 is 1.82 bits per heavy atom. The van der Waals surface area contributed by atoms with Gasteiger partial charge in [-0.15, -0.1) is 0 Å². The summed E-state index contributed by atoms with van der Waals surface area (Å²) in [7, 11) is 0. The largest absolute Gasteiger partial charge is 0.507 e. The van der Waals surface area contributed by atoms with Crippen LogP contribution in [-0.2, 0) is 24.2 Å². The Bertz CT molecular complexity index is 964. The van der Waals surface area contributed by atoms with Gasteiger partial charge in [0.1, 0.15) is 5.75 Å². The second kappa shape index (κ2) is 12.5. The molecule has 5 nitrogen and oxygen atoms in total. The van der Waals surface area contributed by atoms with Crippen LogP contribution in [0.4, 0.5) is 0 Å². The highest BCUT2D eigenvalue weighted by atomic mass is 127. The van der Waals surface area contributed by atoms with Crippen LogP contribution in [0.1, 0.15) is 48.9 Å². The van der Waals surface area contributed by atoms with Crippen LogP contribution in [0.3, 0.4) is 0 Å². The summed E-state index contributed by atoms with van der Waals surface area (Å²) in [5.74, 6) is -0.543. The number of aryl methyl sites for hydroxylation is 2. The molecule has 2 aromatic carbocycles. The molecular formula is C27H35IN2O3. The van der Waals surface area contributed by atoms with Crippen molar-refractivity contribution in [1.29, 1.82) is 0 Å². The van der Waals surface area contributed by atoms with E-state index in [1.54, 1.807) is 6.08 Å². The van der Waals surface area contributed by atoms with Crippen LogP contribution >= 0.6 is 22.6 Å². The Morgan fingerprint density at radius 1 is 1.12 bits per heavy atom. The second-order valence-electron chi connectivity index (χ2n) is 8.68. The third-order valence-corrected chi connectivity index (χ3v) is 7.45. The van der Waals surface area contributed by atoms with Crippen molar-refractivity contribution in [3.8, 4) is 5.75 Å². The summed E-state index contributed by atoms with van der Waals surface area (Å²) in [6.07, 6.45) is 6.86. The number of likely N-dealkylation sites (tertiary alicyclic amines) is 1. The fourth-order valence-corrected chi connectivity index (χ4v) is 5.52. The van der Waals surface area contributed by atoms with Crippen molar-refractivity contribution in [1.82, 2.24) is 9.80 Å². The molecule has 0 aliphatic carbocycles. The van der Waals surface area contributed by atoms with Gasteiger partial charge in [0.05, 0.1) is 3.57 Å². The zero-order valence-electron chi connectivity index (χ0n) is 19.6. The van der Waals surface area contributed by atoms with Gasteiger partial charge in [-0.1, -0.05) is 44.2 Å². The molecule has 0 aromatic heterocycles. The average Bonchev–Trinajstić information content (AvgIpc) is 2.81. The molecule has 178 valence electrons. The number of carboxylic acids is 1. The van der Waals surface area contributed by atoms with E-state index in [0.717, 1.165) is 65.8 Å². The summed E-state index contributed by atoms with van der Waals surface area (Å²) in [5.41, 5.74) is 4.25. The molecule has 0 bridgehead atoms. The highest BCUT2D eigenvalue weighted by Gasteiger charge is 2.23. The van der Waals surface area contributed by atoms with Crippen molar-refractivity contribution in [2.45, 2.75) is 52.1 Å². The van der Waals surface area contributed by atoms with Gasteiger partial charge in [0.2, 0.25) is 0 Å². The highest BCUT2D eigenvalue weighted by Crippen LogP contribution is 2.29. The highest BCUT2D eigenvalue weighted by molar-refractivity contribution is 14.1. The maximum atomic E-state index is 10.9. The van der Waals surface area contributed by atoms with Crippen LogP contribution in [0.25, 0.3) is 6.08 Å². The Balaban J connectivity index is 1.66. The number of benzene rings is 2. The van der Waals surface area contributed by atoms with Crippen LogP contribution in [0, 0.1) is 3.57 Å². The number of halogens is 1. The quantitative estimate of drug-likeness (QED) is 0.309. The molecule has 2 N–H and O–H groups in total. The van der Waals surface area contributed by atoms with Crippen molar-refractivity contribution in [2.24, 2.45) is 0 Å². The first-order chi connectivity index (χ1) is 15.9. The standard InChI is InChI=1S/C27H35IN2O3/c1-3-30(4-2)24-13-15-29(16-14-24)19-23-17-20(18-25(28)27(23)33)9-10-21-7-5-6-8-22(21)11-12-26(31)32/h5-8,11-12,17-18,24,33H,3-4,9-10,13-16,19H2,1-2H3,(H,31,32)/b12-11+. The summed E-state index contributed by atoms with van der Waals surface area (Å²) in [5, 5.41) is 19.7. The lowest BCUT2D eigenvalue weighted by Crippen LogP contribution is -2.44. The summed E-state index contributed by atoms with van der Waals surface area (Å²) in [6, 6.07) is 12.8. The van der Waals surface area contributed by atoms with Gasteiger partial charge in [-0.2, -0.15) is 0 Å². The van der Waals surface area contributed by atoms with Gasteiger partial charge >= 0.3 is 5.97 Å². The molecule has 1 heterocycles. The number of aromatic hydroxyl groups is 1. The number of carboxylic acid groups (broad SMARTS) is 1. The van der Waals surface area contributed by atoms with E-state index in [9.17, 15) is 9.90 Å². The van der Waals surface area contributed by atoms with Gasteiger partial charge in [0, 0.05) is 24.2 Å². The second-order valence-corrected chi connectivity index (χ2v) is 9.85. The maximum Gasteiger partial charge on any atom is 0.328 e. The van der Waals surface area contributed by atoms with Gasteiger partial charge in [-0.3, -0.25) is 4.90 Å². The molecule has 0 amide bonds. The Hall–Kier alpha value is -1.90. The van der Waals surface area contributed by atoms with Crippen LogP contribution in [0.15, 0.2) is 42.5 Å². The molecule has 33 heavy (non-hydrogen) atoms. The molecule has 0 radical (unpaired) electrons. The van der Waals surface area contributed by atoms with Crippen molar-refractivity contribution in [3.05, 3.63) is 68.3 Å². The van der Waals surface area contributed by atoms with Crippen molar-refractivity contribution in [2.75, 3.05) is 26.2 Å². The first kappa shape index (κ1) is 25.7. The predicted molar refractivity (Wildman–Crippen MR) is 143 cm³/mol. The van der Waals surface area contributed by atoms with E-state index in [-0.39, 0.29) is 0 Å². The van der Waals surface area contributed by atoms with Crippen LogP contribution in [0.2, 0.25) is 0 Å². The summed E-state index contributed by atoms with van der Waals surface area (Å²) in [6.45, 7) is 9.59. The van der Waals surface area contributed by atoms with E-state index in [4.69, 9.17) is 5.11 Å². The maximum absolute atomic E-state index is 10.9. The van der Waals surface area contributed by atoms with Crippen molar-refractivity contribution < 1.29 is 15.0 Å². The van der Waals surface area contributed by atoms with E-state index in [1.807, 2.05) is 24.3 Å². The first-order valence-electron chi connectivity index (χ1n) is 11.9. The Labute approximate surface area is 211 Å². The number of nitrogens with zero attached hydrogens (tertiary/aromatic N) is 2. The molecule has 6 heteroatoms. The minimum Gasteiger partial charge on any atom is -0.507 e. The minimum absolute atomic E-state index is 0.398. The molecule has 3 rings (SSSR count). The monoisotopic (exact) mass is 562 g/mol. The zero-order chi connectivity index (χ0) is 23.8. The fourth-order valence-electron chi connectivity index (χ4n) is 4.77. The van der Waals surface area contributed by atoms with E-state index >= 15 is 0 Å². The number of aliphatic carboxylic acids is 1. The van der Waals surface area contributed by atoms with Gasteiger partial charge in [0.15, 0.2) is 0 Å². The van der Waals surface area contributed by atoms with Gasteiger partial charge in [-0.25, -0.2) is 4.79 Å². The van der Waals surface area contributed by atoms with Gasteiger partial charge < -0.3 is 15.1 Å². The van der Waals surface area contributed by atoms with Crippen LogP contribution in [-0.4, -0.2) is 58.2 Å². The Kier molecular flexibility index (Phi) is 9.77. The number of hydrogen-bond donors (Lipinski definition) is 2. The van der Waals surface area contributed by atoms with Crippen molar-refractivity contribution >= 4 is 34.6 Å². The summed E-state index contributed by atoms with van der Waals surface area (Å²) < 4.78 is 0.886. The molecule has 1 fully saturated rings. The molecular weight excluding hydrogens is 527 g/mol. The molecule has 0 atom stereocenters. The Morgan fingerprint density at radius 3 is 2.48 bits per heavy atom. The smallest absolute Gasteiger partial charge is 0.328 e. The molecule has 2 aromatic rings. The number of carbonyl (C=O) groups is 1.